The first-order valence-corrected chi connectivity index (χ1v) is 6.67. The van der Waals surface area contributed by atoms with E-state index >= 15 is 0 Å². The van der Waals surface area contributed by atoms with E-state index in [9.17, 15) is 0 Å². The van der Waals surface area contributed by atoms with Crippen LogP contribution in [0.3, 0.4) is 0 Å². The number of hydrogen-bond acceptors (Lipinski definition) is 2. The monoisotopic (exact) mass is 233 g/mol. The maximum absolute atomic E-state index is 6.14. The van der Waals surface area contributed by atoms with E-state index in [0.717, 1.165) is 12.3 Å². The number of ether oxygens (including phenoxy) is 1. The first-order valence-electron chi connectivity index (χ1n) is 6.67. The highest BCUT2D eigenvalue weighted by Gasteiger charge is 2.28. The van der Waals surface area contributed by atoms with Crippen molar-refractivity contribution in [2.24, 2.45) is 0 Å². The highest BCUT2D eigenvalue weighted by atomic mass is 16.5. The van der Waals surface area contributed by atoms with Crippen LogP contribution in [0.15, 0.2) is 18.2 Å². The minimum absolute atomic E-state index is 0.344. The predicted molar refractivity (Wildman–Crippen MR) is 71.6 cm³/mol. The molecule has 2 rings (SSSR count). The molecule has 2 nitrogen and oxygen atoms in total. The molecule has 0 amide bonds. The van der Waals surface area contributed by atoms with Crippen molar-refractivity contribution in [3.8, 4) is 5.75 Å². The second-order valence-corrected chi connectivity index (χ2v) is 5.07. The standard InChI is InChI=1S/C15H23NO/c1-4-16-14-6-5-7-15(14)17-13-9-11(2)8-12(3)10-13/h8-10,14-16H,4-7H2,1-3H3. The number of hydrogen-bond donors (Lipinski definition) is 1. The van der Waals surface area contributed by atoms with Crippen molar-refractivity contribution in [1.82, 2.24) is 5.32 Å². The van der Waals surface area contributed by atoms with Crippen LogP contribution in [0.5, 0.6) is 5.75 Å². The summed E-state index contributed by atoms with van der Waals surface area (Å²) in [6, 6.07) is 6.98. The minimum atomic E-state index is 0.344. The van der Waals surface area contributed by atoms with Crippen LogP contribution in [0.2, 0.25) is 0 Å². The van der Waals surface area contributed by atoms with Gasteiger partial charge in [-0.2, -0.15) is 0 Å². The number of rotatable bonds is 4. The van der Waals surface area contributed by atoms with Gasteiger partial charge in [-0.1, -0.05) is 13.0 Å². The van der Waals surface area contributed by atoms with E-state index in [0.29, 0.717) is 12.1 Å². The number of benzene rings is 1. The van der Waals surface area contributed by atoms with E-state index in [1.807, 2.05) is 0 Å². The van der Waals surface area contributed by atoms with Crippen LogP contribution >= 0.6 is 0 Å². The van der Waals surface area contributed by atoms with E-state index in [2.05, 4.69) is 44.3 Å². The maximum Gasteiger partial charge on any atom is 0.120 e. The van der Waals surface area contributed by atoms with Crippen LogP contribution in [0.1, 0.15) is 37.3 Å². The van der Waals surface area contributed by atoms with E-state index < -0.39 is 0 Å². The first kappa shape index (κ1) is 12.4. The molecule has 0 heterocycles. The molecule has 94 valence electrons. The Morgan fingerprint density at radius 2 is 1.88 bits per heavy atom. The van der Waals surface area contributed by atoms with E-state index in [4.69, 9.17) is 4.74 Å². The quantitative estimate of drug-likeness (QED) is 0.862. The Morgan fingerprint density at radius 1 is 1.18 bits per heavy atom. The largest absolute Gasteiger partial charge is 0.489 e. The normalized spacial score (nSPS) is 23.9. The second-order valence-electron chi connectivity index (χ2n) is 5.07. The third-order valence-corrected chi connectivity index (χ3v) is 3.40. The molecule has 1 aliphatic rings. The average molecular weight is 233 g/mol. The lowest BCUT2D eigenvalue weighted by atomic mass is 10.1. The molecule has 1 aromatic rings. The van der Waals surface area contributed by atoms with Gasteiger partial charge in [-0.25, -0.2) is 0 Å². The first-order chi connectivity index (χ1) is 8.19. The summed E-state index contributed by atoms with van der Waals surface area (Å²) >= 11 is 0. The van der Waals surface area contributed by atoms with Crippen molar-refractivity contribution in [2.75, 3.05) is 6.54 Å². The summed E-state index contributed by atoms with van der Waals surface area (Å²) < 4.78 is 6.14. The maximum atomic E-state index is 6.14. The molecular formula is C15H23NO. The summed E-state index contributed by atoms with van der Waals surface area (Å²) in [7, 11) is 0. The lowest BCUT2D eigenvalue weighted by molar-refractivity contribution is 0.175. The Hall–Kier alpha value is -1.02. The van der Waals surface area contributed by atoms with Gasteiger partial charge < -0.3 is 10.1 Å². The molecule has 2 heteroatoms. The zero-order valence-corrected chi connectivity index (χ0v) is 11.1. The van der Waals surface area contributed by atoms with Crippen LogP contribution in [0.25, 0.3) is 0 Å². The number of aryl methyl sites for hydroxylation is 2. The summed E-state index contributed by atoms with van der Waals surface area (Å²) in [4.78, 5) is 0. The molecule has 0 saturated heterocycles. The van der Waals surface area contributed by atoms with Gasteiger partial charge in [0.2, 0.25) is 0 Å². The van der Waals surface area contributed by atoms with Crippen molar-refractivity contribution >= 4 is 0 Å². The molecule has 2 unspecified atom stereocenters. The molecule has 1 aliphatic carbocycles. The second kappa shape index (κ2) is 5.54. The van der Waals surface area contributed by atoms with Gasteiger partial charge in [0.05, 0.1) is 0 Å². The summed E-state index contributed by atoms with van der Waals surface area (Å²) in [6.45, 7) is 7.43. The molecular weight excluding hydrogens is 210 g/mol. The van der Waals surface area contributed by atoms with Gasteiger partial charge in [0.15, 0.2) is 0 Å². The van der Waals surface area contributed by atoms with Crippen LogP contribution in [0, 0.1) is 13.8 Å². The summed E-state index contributed by atoms with van der Waals surface area (Å²) in [5, 5.41) is 3.52. The lowest BCUT2D eigenvalue weighted by Gasteiger charge is -2.22. The fourth-order valence-electron chi connectivity index (χ4n) is 2.74. The van der Waals surface area contributed by atoms with Crippen molar-refractivity contribution in [2.45, 2.75) is 52.2 Å². The van der Waals surface area contributed by atoms with Gasteiger partial charge in [0.1, 0.15) is 11.9 Å². The Balaban J connectivity index is 2.04. The minimum Gasteiger partial charge on any atom is -0.489 e. The molecule has 17 heavy (non-hydrogen) atoms. The SMILES string of the molecule is CCNC1CCCC1Oc1cc(C)cc(C)c1. The molecule has 0 spiro atoms. The van der Waals surface area contributed by atoms with E-state index in [1.54, 1.807) is 0 Å². The number of likely N-dealkylation sites (N-methyl/N-ethyl adjacent to an activating group) is 1. The van der Waals surface area contributed by atoms with Crippen molar-refractivity contribution in [3.63, 3.8) is 0 Å². The molecule has 0 aromatic heterocycles. The molecule has 0 aliphatic heterocycles. The van der Waals surface area contributed by atoms with Crippen LogP contribution in [0.4, 0.5) is 0 Å². The molecule has 0 bridgehead atoms. The third kappa shape index (κ3) is 3.22. The molecule has 1 N–H and O–H groups in total. The third-order valence-electron chi connectivity index (χ3n) is 3.40. The Bertz CT molecular complexity index is 355. The topological polar surface area (TPSA) is 21.3 Å². The Labute approximate surface area is 104 Å². The lowest BCUT2D eigenvalue weighted by Crippen LogP contribution is -2.38. The highest BCUT2D eigenvalue weighted by molar-refractivity contribution is 5.33. The molecule has 2 atom stereocenters. The van der Waals surface area contributed by atoms with Crippen LogP contribution in [-0.2, 0) is 0 Å². The predicted octanol–water partition coefficient (Wildman–Crippen LogP) is 3.21. The Morgan fingerprint density at radius 3 is 2.53 bits per heavy atom. The smallest absolute Gasteiger partial charge is 0.120 e. The van der Waals surface area contributed by atoms with Crippen LogP contribution < -0.4 is 10.1 Å². The molecule has 1 fully saturated rings. The van der Waals surface area contributed by atoms with E-state index in [1.165, 1.54) is 30.4 Å². The van der Waals surface area contributed by atoms with Gasteiger partial charge in [-0.15, -0.1) is 0 Å². The zero-order chi connectivity index (χ0) is 12.3. The van der Waals surface area contributed by atoms with Gasteiger partial charge in [0, 0.05) is 6.04 Å². The number of nitrogens with one attached hydrogen (secondary N) is 1. The fraction of sp³-hybridized carbons (Fsp3) is 0.600. The summed E-state index contributed by atoms with van der Waals surface area (Å²) in [5.41, 5.74) is 2.55. The van der Waals surface area contributed by atoms with Crippen LogP contribution in [-0.4, -0.2) is 18.7 Å². The van der Waals surface area contributed by atoms with Gasteiger partial charge in [-0.3, -0.25) is 0 Å². The van der Waals surface area contributed by atoms with E-state index in [-0.39, 0.29) is 0 Å². The summed E-state index contributed by atoms with van der Waals surface area (Å²) in [6.07, 6.45) is 4.03. The average Bonchev–Trinajstić information content (AvgIpc) is 2.65. The van der Waals surface area contributed by atoms with Gasteiger partial charge in [-0.05, 0) is 62.9 Å². The summed E-state index contributed by atoms with van der Waals surface area (Å²) in [5.74, 6) is 1.03. The highest BCUT2D eigenvalue weighted by Crippen LogP contribution is 2.26. The van der Waals surface area contributed by atoms with Crippen molar-refractivity contribution < 1.29 is 4.74 Å². The zero-order valence-electron chi connectivity index (χ0n) is 11.1. The van der Waals surface area contributed by atoms with Crippen molar-refractivity contribution in [1.29, 1.82) is 0 Å². The molecule has 1 aromatic carbocycles. The van der Waals surface area contributed by atoms with Crippen molar-refractivity contribution in [3.05, 3.63) is 29.3 Å². The molecule has 0 radical (unpaired) electrons. The molecule has 1 saturated carbocycles. The van der Waals surface area contributed by atoms with Gasteiger partial charge >= 0.3 is 0 Å². The Kier molecular flexibility index (Phi) is 4.06. The fourth-order valence-corrected chi connectivity index (χ4v) is 2.74. The van der Waals surface area contributed by atoms with Gasteiger partial charge in [0.25, 0.3) is 0 Å².